The summed E-state index contributed by atoms with van der Waals surface area (Å²) in [6.07, 6.45) is 0. The Kier molecular flexibility index (Phi) is 3.71. The smallest absolute Gasteiger partial charge is 0.0640 e. The number of hydrogen-bond acceptors (Lipinski definition) is 1. The Labute approximate surface area is 120 Å². The molecule has 100 valence electrons. The normalized spacial score (nSPS) is 14.2. The molecule has 0 amide bonds. The van der Waals surface area contributed by atoms with Crippen molar-refractivity contribution >= 4 is 11.6 Å². The van der Waals surface area contributed by atoms with Crippen LogP contribution in [0.25, 0.3) is 0 Å². The van der Waals surface area contributed by atoms with Crippen molar-refractivity contribution in [2.24, 2.45) is 5.73 Å². The molecule has 0 aliphatic heterocycles. The summed E-state index contributed by atoms with van der Waals surface area (Å²) in [6.45, 7) is 8.39. The summed E-state index contributed by atoms with van der Waals surface area (Å²) in [5.41, 5.74) is 12.0. The Bertz CT molecular complexity index is 615. The van der Waals surface area contributed by atoms with Crippen LogP contribution in [0.2, 0.25) is 5.02 Å². The lowest BCUT2D eigenvalue weighted by atomic mass is 9.82. The maximum Gasteiger partial charge on any atom is 0.0640 e. The van der Waals surface area contributed by atoms with Crippen molar-refractivity contribution in [3.05, 3.63) is 69.2 Å². The maximum absolute atomic E-state index is 6.59. The molecule has 2 heteroatoms. The van der Waals surface area contributed by atoms with Gasteiger partial charge in [0, 0.05) is 5.02 Å². The molecule has 1 nitrogen and oxygen atoms in total. The molecule has 0 saturated carbocycles. The topological polar surface area (TPSA) is 26.0 Å². The fourth-order valence-electron chi connectivity index (χ4n) is 2.49. The van der Waals surface area contributed by atoms with Gasteiger partial charge in [-0.15, -0.1) is 0 Å². The van der Waals surface area contributed by atoms with Crippen molar-refractivity contribution < 1.29 is 0 Å². The molecule has 2 aromatic carbocycles. The van der Waals surface area contributed by atoms with Crippen molar-refractivity contribution in [2.75, 3.05) is 0 Å². The minimum absolute atomic E-state index is 0.534. The molecule has 2 rings (SSSR count). The maximum atomic E-state index is 6.59. The monoisotopic (exact) mass is 273 g/mol. The molecule has 1 unspecified atom stereocenters. The predicted octanol–water partition coefficient (Wildman–Crippen LogP) is 4.49. The molecule has 0 radical (unpaired) electrons. The van der Waals surface area contributed by atoms with E-state index in [1.807, 2.05) is 31.2 Å². The summed E-state index contributed by atoms with van der Waals surface area (Å²) < 4.78 is 0. The van der Waals surface area contributed by atoms with Crippen LogP contribution in [0.15, 0.2) is 36.4 Å². The Morgan fingerprint density at radius 1 is 0.947 bits per heavy atom. The van der Waals surface area contributed by atoms with Gasteiger partial charge in [-0.3, -0.25) is 0 Å². The van der Waals surface area contributed by atoms with Crippen LogP contribution in [0, 0.1) is 20.8 Å². The Balaban J connectivity index is 2.59. The van der Waals surface area contributed by atoms with Gasteiger partial charge in [-0.25, -0.2) is 0 Å². The third kappa shape index (κ3) is 2.68. The summed E-state index contributed by atoms with van der Waals surface area (Å²) in [6, 6.07) is 12.2. The van der Waals surface area contributed by atoms with Crippen molar-refractivity contribution in [3.63, 3.8) is 0 Å². The predicted molar refractivity (Wildman–Crippen MR) is 82.7 cm³/mol. The number of halogens is 1. The molecule has 0 spiro atoms. The first kappa shape index (κ1) is 14.1. The molecule has 19 heavy (non-hydrogen) atoms. The Morgan fingerprint density at radius 2 is 1.58 bits per heavy atom. The highest BCUT2D eigenvalue weighted by atomic mass is 35.5. The van der Waals surface area contributed by atoms with Crippen LogP contribution < -0.4 is 5.73 Å². The molecular formula is C17H20ClN. The molecule has 0 heterocycles. The first-order valence-electron chi connectivity index (χ1n) is 6.45. The zero-order chi connectivity index (χ0) is 14.2. The highest BCUT2D eigenvalue weighted by molar-refractivity contribution is 6.30. The van der Waals surface area contributed by atoms with Gasteiger partial charge >= 0.3 is 0 Å². The van der Waals surface area contributed by atoms with E-state index in [-0.39, 0.29) is 0 Å². The van der Waals surface area contributed by atoms with Gasteiger partial charge in [0.1, 0.15) is 0 Å². The van der Waals surface area contributed by atoms with Crippen molar-refractivity contribution in [1.29, 1.82) is 0 Å². The number of aryl methyl sites for hydroxylation is 3. The van der Waals surface area contributed by atoms with Crippen molar-refractivity contribution in [3.8, 4) is 0 Å². The van der Waals surface area contributed by atoms with Crippen LogP contribution in [-0.4, -0.2) is 0 Å². The SMILES string of the molecule is Cc1cc(C)c(C(C)(N)c2cccc(Cl)c2)cc1C. The highest BCUT2D eigenvalue weighted by Crippen LogP contribution is 2.31. The van der Waals surface area contributed by atoms with E-state index < -0.39 is 5.54 Å². The van der Waals surface area contributed by atoms with Gasteiger partial charge in [0.2, 0.25) is 0 Å². The van der Waals surface area contributed by atoms with Crippen LogP contribution in [0.4, 0.5) is 0 Å². The fraction of sp³-hybridized carbons (Fsp3) is 0.294. The fourth-order valence-corrected chi connectivity index (χ4v) is 2.68. The molecule has 1 atom stereocenters. The molecule has 2 aromatic rings. The quantitative estimate of drug-likeness (QED) is 0.857. The number of nitrogens with two attached hydrogens (primary N) is 1. The van der Waals surface area contributed by atoms with Gasteiger partial charge in [0.05, 0.1) is 5.54 Å². The highest BCUT2D eigenvalue weighted by Gasteiger charge is 2.26. The summed E-state index contributed by atoms with van der Waals surface area (Å²) >= 11 is 6.08. The zero-order valence-electron chi connectivity index (χ0n) is 11.9. The third-order valence-electron chi connectivity index (χ3n) is 3.82. The summed E-state index contributed by atoms with van der Waals surface area (Å²) in [7, 11) is 0. The summed E-state index contributed by atoms with van der Waals surface area (Å²) in [5, 5.41) is 0.718. The Hall–Kier alpha value is -1.31. The largest absolute Gasteiger partial charge is 0.318 e. The molecule has 0 bridgehead atoms. The van der Waals surface area contributed by atoms with Gasteiger partial charge in [-0.2, -0.15) is 0 Å². The molecule has 2 N–H and O–H groups in total. The second-order valence-electron chi connectivity index (χ2n) is 5.46. The van der Waals surface area contributed by atoms with E-state index in [2.05, 4.69) is 32.9 Å². The van der Waals surface area contributed by atoms with Gasteiger partial charge in [0.15, 0.2) is 0 Å². The molecule has 0 aromatic heterocycles. The lowest BCUT2D eigenvalue weighted by Gasteiger charge is -2.29. The van der Waals surface area contributed by atoms with Crippen LogP contribution in [0.5, 0.6) is 0 Å². The molecule has 0 fully saturated rings. The van der Waals surface area contributed by atoms with E-state index in [1.54, 1.807) is 0 Å². The lowest BCUT2D eigenvalue weighted by molar-refractivity contribution is 0.598. The van der Waals surface area contributed by atoms with Crippen LogP contribution >= 0.6 is 11.6 Å². The van der Waals surface area contributed by atoms with Gasteiger partial charge in [-0.05, 0) is 67.6 Å². The van der Waals surface area contributed by atoms with E-state index in [1.165, 1.54) is 16.7 Å². The van der Waals surface area contributed by atoms with Crippen LogP contribution in [0.3, 0.4) is 0 Å². The van der Waals surface area contributed by atoms with Crippen LogP contribution in [0.1, 0.15) is 34.7 Å². The first-order chi connectivity index (χ1) is 8.82. The second-order valence-corrected chi connectivity index (χ2v) is 5.90. The minimum Gasteiger partial charge on any atom is -0.318 e. The standard InChI is InChI=1S/C17H20ClN/c1-11-8-13(3)16(9-12(11)2)17(4,19)14-6-5-7-15(18)10-14/h5-10H,19H2,1-4H3. The molecule has 0 aliphatic rings. The van der Waals surface area contributed by atoms with E-state index in [4.69, 9.17) is 17.3 Å². The number of hydrogen-bond donors (Lipinski definition) is 1. The van der Waals surface area contributed by atoms with Crippen molar-refractivity contribution in [2.45, 2.75) is 33.2 Å². The third-order valence-corrected chi connectivity index (χ3v) is 4.06. The average molecular weight is 274 g/mol. The lowest BCUT2D eigenvalue weighted by Crippen LogP contribution is -2.35. The summed E-state index contributed by atoms with van der Waals surface area (Å²) in [4.78, 5) is 0. The van der Waals surface area contributed by atoms with E-state index in [9.17, 15) is 0 Å². The Morgan fingerprint density at radius 3 is 2.21 bits per heavy atom. The zero-order valence-corrected chi connectivity index (χ0v) is 12.7. The van der Waals surface area contributed by atoms with Gasteiger partial charge in [-0.1, -0.05) is 35.9 Å². The second kappa shape index (κ2) is 4.99. The minimum atomic E-state index is -0.534. The summed E-state index contributed by atoms with van der Waals surface area (Å²) in [5.74, 6) is 0. The molecule has 0 aliphatic carbocycles. The van der Waals surface area contributed by atoms with E-state index in [0.717, 1.165) is 16.1 Å². The van der Waals surface area contributed by atoms with Gasteiger partial charge in [0.25, 0.3) is 0 Å². The van der Waals surface area contributed by atoms with Crippen LogP contribution in [-0.2, 0) is 5.54 Å². The van der Waals surface area contributed by atoms with E-state index in [0.29, 0.717) is 0 Å². The average Bonchev–Trinajstić information content (AvgIpc) is 2.33. The number of rotatable bonds is 2. The van der Waals surface area contributed by atoms with E-state index >= 15 is 0 Å². The molecule has 0 saturated heterocycles. The first-order valence-corrected chi connectivity index (χ1v) is 6.83. The van der Waals surface area contributed by atoms with Gasteiger partial charge < -0.3 is 5.73 Å². The molecular weight excluding hydrogens is 254 g/mol. The van der Waals surface area contributed by atoms with Crippen molar-refractivity contribution in [1.82, 2.24) is 0 Å². The number of benzene rings is 2.